The topological polar surface area (TPSA) is 12.4 Å². The molecule has 25 heavy (non-hydrogen) atoms. The minimum Gasteiger partial charge on any atom is -0.282 e. The van der Waals surface area contributed by atoms with Crippen LogP contribution in [0.1, 0.15) is 31.0 Å². The molecule has 0 bridgehead atoms. The first-order chi connectivity index (χ1) is 12.2. The van der Waals surface area contributed by atoms with E-state index in [2.05, 4.69) is 92.7 Å². The Morgan fingerprint density at radius 3 is 2.08 bits per heavy atom. The van der Waals surface area contributed by atoms with Gasteiger partial charge in [-0.2, -0.15) is 0 Å². The number of fused-ring (bicyclic) bond motifs is 3. The minimum atomic E-state index is 0.145. The van der Waals surface area contributed by atoms with Gasteiger partial charge in [-0.15, -0.1) is 0 Å². The average Bonchev–Trinajstić information content (AvgIpc) is 2.68. The molecule has 0 amide bonds. The zero-order chi connectivity index (χ0) is 17.2. The van der Waals surface area contributed by atoms with Gasteiger partial charge in [0, 0.05) is 11.3 Å². The molecule has 1 nitrogen and oxygen atoms in total. The van der Waals surface area contributed by atoms with Gasteiger partial charge in [-0.05, 0) is 47.0 Å². The second-order valence-electron chi connectivity index (χ2n) is 6.49. The molecular weight excluding hydrogens is 302 g/mol. The van der Waals surface area contributed by atoms with Crippen LogP contribution in [-0.4, -0.2) is 5.71 Å². The summed E-state index contributed by atoms with van der Waals surface area (Å²) in [4.78, 5) is 4.99. The lowest BCUT2D eigenvalue weighted by atomic mass is 9.95. The Balaban J connectivity index is 1.88. The van der Waals surface area contributed by atoms with Crippen LogP contribution < -0.4 is 0 Å². The van der Waals surface area contributed by atoms with Crippen molar-refractivity contribution in [3.63, 3.8) is 0 Å². The van der Waals surface area contributed by atoms with E-state index >= 15 is 0 Å². The van der Waals surface area contributed by atoms with Crippen LogP contribution in [0.25, 0.3) is 21.5 Å². The number of aliphatic imine (C=N–C) groups is 1. The minimum absolute atomic E-state index is 0.145. The summed E-state index contributed by atoms with van der Waals surface area (Å²) in [5.41, 5.74) is 3.54. The molecule has 0 saturated heterocycles. The van der Waals surface area contributed by atoms with E-state index in [4.69, 9.17) is 4.99 Å². The maximum Gasteiger partial charge on any atom is 0.0724 e. The van der Waals surface area contributed by atoms with Crippen molar-refractivity contribution in [3.05, 3.63) is 96.1 Å². The summed E-state index contributed by atoms with van der Waals surface area (Å²) < 4.78 is 0. The van der Waals surface area contributed by atoms with E-state index in [9.17, 15) is 0 Å². The lowest BCUT2D eigenvalue weighted by Crippen LogP contribution is -2.00. The van der Waals surface area contributed by atoms with Crippen LogP contribution in [0.3, 0.4) is 0 Å². The molecular formula is C24H21N. The Morgan fingerprint density at radius 1 is 0.720 bits per heavy atom. The first kappa shape index (κ1) is 15.6. The molecule has 4 aromatic carbocycles. The van der Waals surface area contributed by atoms with Gasteiger partial charge in [0.05, 0.1) is 6.04 Å². The number of benzene rings is 4. The third-order valence-electron chi connectivity index (χ3n) is 4.83. The maximum absolute atomic E-state index is 4.99. The lowest BCUT2D eigenvalue weighted by molar-refractivity contribution is 0.820. The highest BCUT2D eigenvalue weighted by Gasteiger charge is 2.10. The smallest absolute Gasteiger partial charge is 0.0724 e. The van der Waals surface area contributed by atoms with Crippen LogP contribution >= 0.6 is 0 Å². The summed E-state index contributed by atoms with van der Waals surface area (Å²) in [6.45, 7) is 4.28. The summed E-state index contributed by atoms with van der Waals surface area (Å²) in [6, 6.07) is 30.1. The highest BCUT2D eigenvalue weighted by molar-refractivity contribution is 6.18. The van der Waals surface area contributed by atoms with Crippen LogP contribution in [0.15, 0.2) is 89.9 Å². The normalized spacial score (nSPS) is 13.3. The maximum atomic E-state index is 4.99. The number of rotatable bonds is 3. The molecule has 0 spiro atoms. The molecule has 0 heterocycles. The molecule has 0 fully saturated rings. The molecule has 0 N–H and O–H groups in total. The quantitative estimate of drug-likeness (QED) is 0.299. The van der Waals surface area contributed by atoms with Gasteiger partial charge >= 0.3 is 0 Å². The first-order valence-corrected chi connectivity index (χ1v) is 8.74. The van der Waals surface area contributed by atoms with Crippen molar-refractivity contribution < 1.29 is 0 Å². The Kier molecular flexibility index (Phi) is 4.07. The SMILES string of the molecule is CC(=N[C@H](C)c1ccccc1)c1cc2ccccc2c2ccccc12. The molecule has 4 rings (SSSR count). The van der Waals surface area contributed by atoms with Crippen molar-refractivity contribution in [1.29, 1.82) is 0 Å². The van der Waals surface area contributed by atoms with Crippen LogP contribution in [0.5, 0.6) is 0 Å². The summed E-state index contributed by atoms with van der Waals surface area (Å²) in [5.74, 6) is 0. The number of hydrogen-bond acceptors (Lipinski definition) is 1. The number of nitrogens with zero attached hydrogens (tertiary/aromatic N) is 1. The predicted molar refractivity (Wildman–Crippen MR) is 109 cm³/mol. The summed E-state index contributed by atoms with van der Waals surface area (Å²) in [7, 11) is 0. The molecule has 0 saturated carbocycles. The zero-order valence-corrected chi connectivity index (χ0v) is 14.6. The molecule has 4 aromatic rings. The van der Waals surface area contributed by atoms with Gasteiger partial charge in [0.15, 0.2) is 0 Å². The fourth-order valence-electron chi connectivity index (χ4n) is 3.52. The monoisotopic (exact) mass is 323 g/mol. The average molecular weight is 323 g/mol. The molecule has 0 aliphatic heterocycles. The molecule has 122 valence electrons. The third-order valence-corrected chi connectivity index (χ3v) is 4.83. The third kappa shape index (κ3) is 2.94. The Labute approximate surface area is 148 Å². The van der Waals surface area contributed by atoms with Gasteiger partial charge < -0.3 is 0 Å². The van der Waals surface area contributed by atoms with Gasteiger partial charge in [0.1, 0.15) is 0 Å². The molecule has 1 atom stereocenters. The van der Waals surface area contributed by atoms with Crippen LogP contribution in [-0.2, 0) is 0 Å². The van der Waals surface area contributed by atoms with Gasteiger partial charge in [-0.1, -0.05) is 78.9 Å². The van der Waals surface area contributed by atoms with Crippen LogP contribution in [0, 0.1) is 0 Å². The highest BCUT2D eigenvalue weighted by Crippen LogP contribution is 2.30. The van der Waals surface area contributed by atoms with Crippen LogP contribution in [0.4, 0.5) is 0 Å². The Morgan fingerprint density at radius 2 is 1.32 bits per heavy atom. The Hall–Kier alpha value is -2.93. The van der Waals surface area contributed by atoms with E-state index in [0.29, 0.717) is 0 Å². The van der Waals surface area contributed by atoms with Crippen molar-refractivity contribution in [3.8, 4) is 0 Å². The fourth-order valence-corrected chi connectivity index (χ4v) is 3.52. The van der Waals surface area contributed by atoms with Crippen molar-refractivity contribution in [2.75, 3.05) is 0 Å². The van der Waals surface area contributed by atoms with Gasteiger partial charge in [-0.25, -0.2) is 0 Å². The predicted octanol–water partition coefficient (Wildman–Crippen LogP) is 6.56. The summed E-state index contributed by atoms with van der Waals surface area (Å²) in [5, 5.41) is 5.11. The molecule has 0 aliphatic carbocycles. The van der Waals surface area contributed by atoms with E-state index in [0.717, 1.165) is 5.71 Å². The van der Waals surface area contributed by atoms with Crippen molar-refractivity contribution in [2.45, 2.75) is 19.9 Å². The molecule has 0 unspecified atom stereocenters. The van der Waals surface area contributed by atoms with E-state index in [-0.39, 0.29) is 6.04 Å². The highest BCUT2D eigenvalue weighted by atomic mass is 14.8. The summed E-state index contributed by atoms with van der Waals surface area (Å²) in [6.07, 6.45) is 0. The zero-order valence-electron chi connectivity index (χ0n) is 14.6. The van der Waals surface area contributed by atoms with Crippen molar-refractivity contribution in [2.24, 2.45) is 4.99 Å². The van der Waals surface area contributed by atoms with Gasteiger partial charge in [0.2, 0.25) is 0 Å². The van der Waals surface area contributed by atoms with Gasteiger partial charge in [0.25, 0.3) is 0 Å². The van der Waals surface area contributed by atoms with Crippen molar-refractivity contribution in [1.82, 2.24) is 0 Å². The molecule has 0 radical (unpaired) electrons. The van der Waals surface area contributed by atoms with Gasteiger partial charge in [-0.3, -0.25) is 4.99 Å². The largest absolute Gasteiger partial charge is 0.282 e. The lowest BCUT2D eigenvalue weighted by Gasteiger charge is -2.13. The second kappa shape index (κ2) is 6.52. The Bertz CT molecular complexity index is 1060. The second-order valence-corrected chi connectivity index (χ2v) is 6.49. The van der Waals surface area contributed by atoms with E-state index in [1.807, 2.05) is 6.07 Å². The van der Waals surface area contributed by atoms with E-state index in [1.54, 1.807) is 0 Å². The molecule has 1 heteroatoms. The molecule has 0 aliphatic rings. The fraction of sp³-hybridized carbons (Fsp3) is 0.125. The summed E-state index contributed by atoms with van der Waals surface area (Å²) >= 11 is 0. The van der Waals surface area contributed by atoms with Crippen molar-refractivity contribution >= 4 is 27.3 Å². The molecule has 0 aromatic heterocycles. The standard InChI is InChI=1S/C24H21N/c1-17(19-10-4-3-5-11-19)25-18(2)24-16-20-12-6-7-13-21(20)22-14-8-9-15-23(22)24/h3-17H,1-2H3/t17-/m1/s1. The van der Waals surface area contributed by atoms with E-state index < -0.39 is 0 Å². The first-order valence-electron chi connectivity index (χ1n) is 8.74. The van der Waals surface area contributed by atoms with E-state index in [1.165, 1.54) is 32.7 Å². The number of hydrogen-bond donors (Lipinski definition) is 0. The van der Waals surface area contributed by atoms with Crippen LogP contribution in [0.2, 0.25) is 0 Å².